The molecule has 2 amide bonds. The van der Waals surface area contributed by atoms with Crippen LogP contribution in [0.4, 0.5) is 8.78 Å². The number of halogens is 3. The summed E-state index contributed by atoms with van der Waals surface area (Å²) in [6, 6.07) is 11.7. The van der Waals surface area contributed by atoms with Crippen molar-refractivity contribution in [3.63, 3.8) is 0 Å². The summed E-state index contributed by atoms with van der Waals surface area (Å²) in [5, 5.41) is 2.51. The smallest absolute Gasteiger partial charge is 0.266 e. The third-order valence-electron chi connectivity index (χ3n) is 7.32. The van der Waals surface area contributed by atoms with E-state index in [-0.39, 0.29) is 37.8 Å². The van der Waals surface area contributed by atoms with E-state index in [9.17, 15) is 18.4 Å². The Balaban J connectivity index is 0.000000410. The van der Waals surface area contributed by atoms with E-state index in [1.807, 2.05) is 48.2 Å². The van der Waals surface area contributed by atoms with Crippen LogP contribution in [0.25, 0.3) is 21.5 Å². The summed E-state index contributed by atoms with van der Waals surface area (Å²) in [7, 11) is 5.55. The number of rotatable bonds is 8. The predicted molar refractivity (Wildman–Crippen MR) is 168 cm³/mol. The van der Waals surface area contributed by atoms with Crippen LogP contribution >= 0.6 is 22.9 Å². The standard InChI is InChI=1S/C26H22ClF2N3OS.C6H14N2O/c27-22-21-19(28)10-11-20(29)23(21)34-24(22)26(33)32(18-8-2-1-3-9-18)15-16-6-4-7-17(14-16)25-30-12-5-13-31-25;1-7-6(9)4-5-8(2)3/h4-7,10-14,18H,1-3,8-9,15H2;4-5H2,1-3H3,(H,7,9). The van der Waals surface area contributed by atoms with Gasteiger partial charge in [-0.25, -0.2) is 18.7 Å². The third-order valence-corrected chi connectivity index (χ3v) is 9.00. The van der Waals surface area contributed by atoms with Crippen LogP contribution in [-0.4, -0.2) is 65.3 Å². The van der Waals surface area contributed by atoms with E-state index in [0.717, 1.165) is 73.2 Å². The highest BCUT2D eigenvalue weighted by molar-refractivity contribution is 7.21. The molecule has 11 heteroatoms. The van der Waals surface area contributed by atoms with E-state index in [1.54, 1.807) is 25.5 Å². The molecule has 1 saturated carbocycles. The van der Waals surface area contributed by atoms with Gasteiger partial charge in [0.15, 0.2) is 5.82 Å². The summed E-state index contributed by atoms with van der Waals surface area (Å²) < 4.78 is 28.9. The molecular formula is C32H36ClF2N5O2S. The third kappa shape index (κ3) is 8.34. The Morgan fingerprint density at radius 2 is 1.72 bits per heavy atom. The highest BCUT2D eigenvalue weighted by Gasteiger charge is 2.31. The van der Waals surface area contributed by atoms with Gasteiger partial charge < -0.3 is 15.1 Å². The maximum absolute atomic E-state index is 14.4. The van der Waals surface area contributed by atoms with Crippen molar-refractivity contribution in [2.45, 2.75) is 51.1 Å². The van der Waals surface area contributed by atoms with Gasteiger partial charge in [0.05, 0.1) is 15.1 Å². The van der Waals surface area contributed by atoms with Gasteiger partial charge in [0.2, 0.25) is 5.91 Å². The Morgan fingerprint density at radius 3 is 2.37 bits per heavy atom. The van der Waals surface area contributed by atoms with Crippen molar-refractivity contribution in [2.24, 2.45) is 0 Å². The lowest BCUT2D eigenvalue weighted by molar-refractivity contribution is -0.120. The maximum Gasteiger partial charge on any atom is 0.266 e. The van der Waals surface area contributed by atoms with Gasteiger partial charge in [-0.2, -0.15) is 0 Å². The molecule has 0 saturated heterocycles. The van der Waals surface area contributed by atoms with Crippen LogP contribution in [0.1, 0.15) is 53.8 Å². The Hall–Kier alpha value is -3.47. The lowest BCUT2D eigenvalue weighted by atomic mass is 9.93. The van der Waals surface area contributed by atoms with Gasteiger partial charge in [0, 0.05) is 50.6 Å². The van der Waals surface area contributed by atoms with Crippen LogP contribution < -0.4 is 5.32 Å². The van der Waals surface area contributed by atoms with Gasteiger partial charge in [0.25, 0.3) is 5.91 Å². The molecule has 4 aromatic rings. The Labute approximate surface area is 259 Å². The molecule has 1 aliphatic carbocycles. The minimum absolute atomic E-state index is 0.0192. The molecule has 0 aliphatic heterocycles. The van der Waals surface area contributed by atoms with Crippen LogP contribution in [0.2, 0.25) is 5.02 Å². The molecule has 1 N–H and O–H groups in total. The second-order valence-corrected chi connectivity index (χ2v) is 12.1. The number of carbonyl (C=O) groups excluding carboxylic acids is 2. The summed E-state index contributed by atoms with van der Waals surface area (Å²) in [6.07, 6.45) is 8.95. The summed E-state index contributed by atoms with van der Waals surface area (Å²) in [6.45, 7) is 1.18. The fraction of sp³-hybridized carbons (Fsp3) is 0.375. The van der Waals surface area contributed by atoms with E-state index >= 15 is 0 Å². The number of amides is 2. The second-order valence-electron chi connectivity index (χ2n) is 10.7. The first-order valence-corrected chi connectivity index (χ1v) is 15.5. The van der Waals surface area contributed by atoms with Gasteiger partial charge in [0.1, 0.15) is 16.5 Å². The average Bonchev–Trinajstić information content (AvgIpc) is 3.39. The molecule has 0 atom stereocenters. The van der Waals surface area contributed by atoms with Gasteiger partial charge >= 0.3 is 0 Å². The van der Waals surface area contributed by atoms with Crippen LogP contribution in [0.3, 0.4) is 0 Å². The zero-order chi connectivity index (χ0) is 30.9. The van der Waals surface area contributed by atoms with Crippen molar-refractivity contribution in [3.8, 4) is 11.4 Å². The average molecular weight is 628 g/mol. The van der Waals surface area contributed by atoms with Crippen molar-refractivity contribution >= 4 is 44.8 Å². The number of benzene rings is 2. The molecule has 1 aliphatic rings. The molecule has 0 radical (unpaired) electrons. The summed E-state index contributed by atoms with van der Waals surface area (Å²) in [5.41, 5.74) is 1.79. The number of nitrogens with zero attached hydrogens (tertiary/aromatic N) is 4. The number of hydrogen-bond acceptors (Lipinski definition) is 6. The van der Waals surface area contributed by atoms with Crippen LogP contribution in [-0.2, 0) is 11.3 Å². The number of aromatic nitrogens is 2. The van der Waals surface area contributed by atoms with Crippen molar-refractivity contribution in [1.82, 2.24) is 25.1 Å². The molecule has 2 aromatic carbocycles. The van der Waals surface area contributed by atoms with E-state index in [0.29, 0.717) is 18.8 Å². The number of hydrogen-bond donors (Lipinski definition) is 1. The van der Waals surface area contributed by atoms with E-state index in [4.69, 9.17) is 11.6 Å². The fourth-order valence-corrected chi connectivity index (χ4v) is 6.53. The number of carbonyl (C=O) groups is 2. The number of nitrogens with one attached hydrogen (secondary N) is 1. The van der Waals surface area contributed by atoms with Crippen LogP contribution in [0, 0.1) is 11.6 Å². The van der Waals surface area contributed by atoms with Crippen molar-refractivity contribution in [2.75, 3.05) is 27.7 Å². The monoisotopic (exact) mass is 627 g/mol. The van der Waals surface area contributed by atoms with Gasteiger partial charge in [-0.05, 0) is 56.8 Å². The summed E-state index contributed by atoms with van der Waals surface area (Å²) in [5.74, 6) is -0.793. The Morgan fingerprint density at radius 1 is 1.02 bits per heavy atom. The van der Waals surface area contributed by atoms with Crippen molar-refractivity contribution in [3.05, 3.63) is 82.0 Å². The number of fused-ring (bicyclic) bond motifs is 1. The van der Waals surface area contributed by atoms with Gasteiger partial charge in [-0.3, -0.25) is 9.59 Å². The normalized spacial score (nSPS) is 13.5. The molecule has 0 spiro atoms. The highest BCUT2D eigenvalue weighted by atomic mass is 35.5. The van der Waals surface area contributed by atoms with E-state index in [1.165, 1.54) is 0 Å². The first kappa shape index (κ1) is 32.4. The number of thiophene rings is 1. The first-order chi connectivity index (χ1) is 20.7. The minimum Gasteiger partial charge on any atom is -0.359 e. The lowest BCUT2D eigenvalue weighted by Gasteiger charge is -2.34. The molecule has 7 nitrogen and oxygen atoms in total. The Kier molecular flexibility index (Phi) is 11.6. The zero-order valence-corrected chi connectivity index (χ0v) is 26.2. The van der Waals surface area contributed by atoms with Gasteiger partial charge in [-0.1, -0.05) is 49.1 Å². The predicted octanol–water partition coefficient (Wildman–Crippen LogP) is 6.95. The van der Waals surface area contributed by atoms with E-state index in [2.05, 4.69) is 15.3 Å². The van der Waals surface area contributed by atoms with Crippen molar-refractivity contribution in [1.29, 1.82) is 0 Å². The minimum atomic E-state index is -0.628. The fourth-order valence-electron chi connectivity index (χ4n) is 5.03. The highest BCUT2D eigenvalue weighted by Crippen LogP contribution is 2.40. The quantitative estimate of drug-likeness (QED) is 0.229. The molecule has 1 fully saturated rings. The second kappa shape index (κ2) is 15.3. The topological polar surface area (TPSA) is 78.4 Å². The van der Waals surface area contributed by atoms with Crippen LogP contribution in [0.15, 0.2) is 54.9 Å². The summed E-state index contributed by atoms with van der Waals surface area (Å²) in [4.78, 5) is 37.0. The molecule has 5 rings (SSSR count). The lowest BCUT2D eigenvalue weighted by Crippen LogP contribution is -2.40. The molecular weight excluding hydrogens is 592 g/mol. The van der Waals surface area contributed by atoms with Crippen molar-refractivity contribution < 1.29 is 18.4 Å². The molecule has 228 valence electrons. The van der Waals surface area contributed by atoms with Gasteiger partial charge in [-0.15, -0.1) is 11.3 Å². The van der Waals surface area contributed by atoms with E-state index < -0.39 is 11.6 Å². The largest absolute Gasteiger partial charge is 0.359 e. The summed E-state index contributed by atoms with van der Waals surface area (Å²) >= 11 is 7.38. The molecule has 2 aromatic heterocycles. The molecule has 0 unspecified atom stereocenters. The molecule has 2 heterocycles. The molecule has 43 heavy (non-hydrogen) atoms. The zero-order valence-electron chi connectivity index (χ0n) is 24.6. The Bertz CT molecular complexity index is 1540. The maximum atomic E-state index is 14.4. The molecule has 0 bridgehead atoms. The SMILES string of the molecule is CNC(=O)CCN(C)C.O=C(c1sc2c(F)ccc(F)c2c1Cl)N(Cc1cccc(-c2ncccn2)c1)C1CCCCC1. The van der Waals surface area contributed by atoms with Crippen LogP contribution in [0.5, 0.6) is 0 Å². The first-order valence-electron chi connectivity index (χ1n) is 14.3.